The number of rotatable bonds is 9. The Hall–Kier alpha value is -1.45. The van der Waals surface area contributed by atoms with Gasteiger partial charge in [0.15, 0.2) is 0 Å². The van der Waals surface area contributed by atoms with Crippen LogP contribution in [-0.2, 0) is 16.7 Å². The number of carbonyl (C=O) groups excluding carboxylic acids is 1. The van der Waals surface area contributed by atoms with Crippen molar-refractivity contribution in [2.75, 3.05) is 37.0 Å². The Morgan fingerprint density at radius 3 is 2.47 bits per heavy atom. The van der Waals surface area contributed by atoms with Gasteiger partial charge in [-0.05, 0) is 68.6 Å². The molecule has 1 aliphatic carbocycles. The number of nitrogens with zero attached hydrogens (tertiary/aromatic N) is 2. The van der Waals surface area contributed by atoms with Crippen LogP contribution in [0, 0.1) is 0 Å². The van der Waals surface area contributed by atoms with Crippen molar-refractivity contribution in [3.63, 3.8) is 0 Å². The van der Waals surface area contributed by atoms with E-state index in [4.69, 9.17) is 11.6 Å². The molecule has 2 aromatic rings. The second-order valence-electron chi connectivity index (χ2n) is 8.01. The minimum Gasteiger partial charge on any atom is -0.350 e. The average molecular weight is 468 g/mol. The molecule has 1 atom stereocenters. The van der Waals surface area contributed by atoms with Gasteiger partial charge in [-0.1, -0.05) is 23.7 Å². The number of carbonyl (C=O) groups is 1. The minimum atomic E-state index is -2.18. The fraction of sp³-hybridized carbons (Fsp3) is 0.476. The van der Waals surface area contributed by atoms with Crippen molar-refractivity contribution < 1.29 is 13.6 Å². The number of thiophene rings is 1. The van der Waals surface area contributed by atoms with Gasteiger partial charge in [-0.3, -0.25) is 13.7 Å². The maximum Gasteiger partial charge on any atom is 0.262 e. The Kier molecular flexibility index (Phi) is 6.79. The smallest absolute Gasteiger partial charge is 0.262 e. The normalized spacial score (nSPS) is 18.9. The van der Waals surface area contributed by atoms with Crippen molar-refractivity contribution in [2.24, 2.45) is 0 Å². The molecule has 2 fully saturated rings. The molecule has 0 bridgehead atoms. The van der Waals surface area contributed by atoms with Gasteiger partial charge in [0, 0.05) is 24.1 Å². The number of halogens is 1. The molecular formula is C21H26ClN3O3S2. The average Bonchev–Trinajstić information content (AvgIpc) is 3.09. The Morgan fingerprint density at radius 1 is 1.20 bits per heavy atom. The van der Waals surface area contributed by atoms with Gasteiger partial charge in [0.1, 0.15) is 5.00 Å². The van der Waals surface area contributed by atoms with Crippen molar-refractivity contribution >= 4 is 45.1 Å². The van der Waals surface area contributed by atoms with Gasteiger partial charge in [-0.15, -0.1) is 11.3 Å². The van der Waals surface area contributed by atoms with Crippen LogP contribution in [0.1, 0.15) is 41.6 Å². The van der Waals surface area contributed by atoms with Crippen LogP contribution in [0.5, 0.6) is 0 Å². The summed E-state index contributed by atoms with van der Waals surface area (Å²) < 4.78 is 23.0. The Morgan fingerprint density at radius 2 is 1.90 bits per heavy atom. The van der Waals surface area contributed by atoms with Crippen LogP contribution in [-0.4, -0.2) is 52.3 Å². The van der Waals surface area contributed by atoms with Crippen molar-refractivity contribution in [1.29, 1.82) is 0 Å². The summed E-state index contributed by atoms with van der Waals surface area (Å²) in [4.78, 5) is 15.1. The van der Waals surface area contributed by atoms with Gasteiger partial charge in [0.25, 0.3) is 17.2 Å². The van der Waals surface area contributed by atoms with Crippen LogP contribution < -0.4 is 9.62 Å². The molecule has 4 rings (SSSR count). The summed E-state index contributed by atoms with van der Waals surface area (Å²) in [5, 5.41) is 3.42. The zero-order chi connectivity index (χ0) is 21.1. The van der Waals surface area contributed by atoms with Crippen LogP contribution in [0.15, 0.2) is 36.4 Å². The summed E-state index contributed by atoms with van der Waals surface area (Å²) in [5.41, 5.74) is 2.20. The zero-order valence-electron chi connectivity index (χ0n) is 16.7. The highest BCUT2D eigenvalue weighted by Crippen LogP contribution is 2.49. The topological polar surface area (TPSA) is 72.9 Å². The third-order valence-corrected chi connectivity index (χ3v) is 8.06. The molecule has 2 N–H and O–H groups in total. The van der Waals surface area contributed by atoms with E-state index in [9.17, 15) is 13.6 Å². The summed E-state index contributed by atoms with van der Waals surface area (Å²) in [6.45, 7) is 3.99. The summed E-state index contributed by atoms with van der Waals surface area (Å²) in [6.07, 6.45) is 5.04. The summed E-state index contributed by atoms with van der Waals surface area (Å²) in [7, 11) is 0. The molecule has 0 radical (unpaired) electrons. The number of likely N-dealkylation sites (tertiary alicyclic amines) is 1. The van der Waals surface area contributed by atoms with E-state index < -0.39 is 11.3 Å². The maximum absolute atomic E-state index is 12.5. The lowest BCUT2D eigenvalue weighted by Crippen LogP contribution is -2.35. The molecule has 1 aromatic heterocycles. The SMILES string of the molecule is O=C(NCCN(c1ccc(Cl)s1)S(=O)O)c1ccc(C2(CN3CCCC3)CC2)cc1. The van der Waals surface area contributed by atoms with E-state index in [-0.39, 0.29) is 24.4 Å². The summed E-state index contributed by atoms with van der Waals surface area (Å²) >= 11 is 4.95. The fourth-order valence-electron chi connectivity index (χ4n) is 4.11. The van der Waals surface area contributed by atoms with E-state index in [0.717, 1.165) is 6.54 Å². The largest absolute Gasteiger partial charge is 0.350 e. The molecule has 1 saturated heterocycles. The highest BCUT2D eigenvalue weighted by atomic mass is 35.5. The van der Waals surface area contributed by atoms with E-state index in [2.05, 4.69) is 22.3 Å². The van der Waals surface area contributed by atoms with Crippen LogP contribution in [0.25, 0.3) is 0 Å². The summed E-state index contributed by atoms with van der Waals surface area (Å²) in [6, 6.07) is 11.3. The third kappa shape index (κ3) is 5.06. The number of anilines is 1. The Balaban J connectivity index is 1.31. The Bertz CT molecular complexity index is 908. The molecule has 1 aliphatic heterocycles. The predicted molar refractivity (Wildman–Crippen MR) is 123 cm³/mol. The molecule has 0 spiro atoms. The third-order valence-electron chi connectivity index (χ3n) is 5.93. The predicted octanol–water partition coefficient (Wildman–Crippen LogP) is 3.90. The lowest BCUT2D eigenvalue weighted by atomic mass is 9.94. The molecule has 2 heterocycles. The summed E-state index contributed by atoms with van der Waals surface area (Å²) in [5.74, 6) is -0.182. The minimum absolute atomic E-state index is 0.182. The van der Waals surface area contributed by atoms with Gasteiger partial charge in [0.2, 0.25) is 0 Å². The van der Waals surface area contributed by atoms with Crippen LogP contribution in [0.3, 0.4) is 0 Å². The first-order chi connectivity index (χ1) is 14.5. The number of nitrogens with one attached hydrogen (secondary N) is 1. The van der Waals surface area contributed by atoms with Crippen molar-refractivity contribution in [3.8, 4) is 0 Å². The molecule has 30 heavy (non-hydrogen) atoms. The molecule has 1 aromatic carbocycles. The number of hydrogen-bond donors (Lipinski definition) is 2. The molecule has 1 amide bonds. The maximum atomic E-state index is 12.5. The van der Waals surface area contributed by atoms with E-state index in [1.165, 1.54) is 60.0 Å². The highest BCUT2D eigenvalue weighted by Gasteiger charge is 2.45. The van der Waals surface area contributed by atoms with Gasteiger partial charge in [-0.2, -0.15) is 0 Å². The molecule has 1 unspecified atom stereocenters. The molecule has 9 heteroatoms. The van der Waals surface area contributed by atoms with E-state index >= 15 is 0 Å². The molecule has 2 aliphatic rings. The quantitative estimate of drug-likeness (QED) is 0.548. The lowest BCUT2D eigenvalue weighted by Gasteiger charge is -2.23. The molecule has 1 saturated carbocycles. The van der Waals surface area contributed by atoms with E-state index in [1.807, 2.05) is 12.1 Å². The first kappa shape index (κ1) is 21.8. The molecule has 6 nitrogen and oxygen atoms in total. The number of amides is 1. The van der Waals surface area contributed by atoms with E-state index in [1.54, 1.807) is 12.1 Å². The second kappa shape index (κ2) is 9.36. The first-order valence-corrected chi connectivity index (χ1v) is 12.5. The highest BCUT2D eigenvalue weighted by molar-refractivity contribution is 7.81. The van der Waals surface area contributed by atoms with Crippen molar-refractivity contribution in [2.45, 2.75) is 31.1 Å². The van der Waals surface area contributed by atoms with Crippen LogP contribution >= 0.6 is 22.9 Å². The van der Waals surface area contributed by atoms with Crippen molar-refractivity contribution in [1.82, 2.24) is 10.2 Å². The lowest BCUT2D eigenvalue weighted by molar-refractivity contribution is 0.0955. The monoisotopic (exact) mass is 467 g/mol. The van der Waals surface area contributed by atoms with Gasteiger partial charge >= 0.3 is 0 Å². The number of benzene rings is 1. The second-order valence-corrected chi connectivity index (χ2v) is 10.6. The molecule has 162 valence electrons. The first-order valence-electron chi connectivity index (χ1n) is 10.2. The van der Waals surface area contributed by atoms with Crippen LogP contribution in [0.4, 0.5) is 5.00 Å². The van der Waals surface area contributed by atoms with E-state index in [0.29, 0.717) is 14.9 Å². The zero-order valence-corrected chi connectivity index (χ0v) is 19.1. The van der Waals surface area contributed by atoms with Gasteiger partial charge < -0.3 is 10.2 Å². The van der Waals surface area contributed by atoms with Gasteiger partial charge in [-0.25, -0.2) is 4.21 Å². The fourth-order valence-corrected chi connectivity index (χ4v) is 5.84. The van der Waals surface area contributed by atoms with Crippen LogP contribution in [0.2, 0.25) is 4.34 Å². The molecular weight excluding hydrogens is 442 g/mol. The standard InChI is InChI=1S/C21H26ClN3O3S2/c22-18-7-8-19(29-18)25(30(27)28)14-11-23-20(26)16-3-5-17(6-4-16)21(9-10-21)15-24-12-1-2-13-24/h3-8H,1-2,9-15H2,(H,23,26)(H,27,28). The Labute approximate surface area is 188 Å². The number of hydrogen-bond acceptors (Lipinski definition) is 4. The van der Waals surface area contributed by atoms with Gasteiger partial charge in [0.05, 0.1) is 10.9 Å². The van der Waals surface area contributed by atoms with Crippen molar-refractivity contribution in [3.05, 3.63) is 51.9 Å².